The topological polar surface area (TPSA) is 9.23 Å². The highest BCUT2D eigenvalue weighted by Gasteiger charge is 2.06. The predicted octanol–water partition coefficient (Wildman–Crippen LogP) is 4.94. The molecule has 0 aliphatic heterocycles. The normalized spacial score (nSPS) is 10.2. The van der Waals surface area contributed by atoms with Gasteiger partial charge in [-0.25, -0.2) is 0 Å². The number of thioether (sulfide) groups is 1. The SMILES string of the molecule is CSc1ccccc1Oc1ccccc1CCl. The molecule has 0 bridgehead atoms. The van der Waals surface area contributed by atoms with E-state index in [0.29, 0.717) is 5.88 Å². The van der Waals surface area contributed by atoms with Crippen LogP contribution in [-0.2, 0) is 5.88 Å². The van der Waals surface area contributed by atoms with E-state index in [0.717, 1.165) is 22.0 Å². The molecule has 2 aromatic rings. The van der Waals surface area contributed by atoms with Crippen LogP contribution in [-0.4, -0.2) is 6.26 Å². The van der Waals surface area contributed by atoms with Crippen LogP contribution in [0.5, 0.6) is 11.5 Å². The molecule has 0 amide bonds. The van der Waals surface area contributed by atoms with Gasteiger partial charge < -0.3 is 4.74 Å². The van der Waals surface area contributed by atoms with Gasteiger partial charge in [0.05, 0.1) is 5.88 Å². The summed E-state index contributed by atoms with van der Waals surface area (Å²) in [5, 5.41) is 0. The van der Waals surface area contributed by atoms with Gasteiger partial charge in [0.25, 0.3) is 0 Å². The summed E-state index contributed by atoms with van der Waals surface area (Å²) in [4.78, 5) is 1.12. The van der Waals surface area contributed by atoms with E-state index in [1.165, 1.54) is 0 Å². The summed E-state index contributed by atoms with van der Waals surface area (Å²) >= 11 is 7.56. The molecule has 0 radical (unpaired) electrons. The lowest BCUT2D eigenvalue weighted by Crippen LogP contribution is -1.90. The van der Waals surface area contributed by atoms with Crippen LogP contribution in [0.4, 0.5) is 0 Å². The Bertz CT molecular complexity index is 454. The third-order valence-electron chi connectivity index (χ3n) is 2.41. The van der Waals surface area contributed by atoms with Crippen LogP contribution in [0.2, 0.25) is 0 Å². The maximum atomic E-state index is 5.92. The highest BCUT2D eigenvalue weighted by atomic mass is 35.5. The second kappa shape index (κ2) is 5.99. The molecule has 0 aliphatic rings. The smallest absolute Gasteiger partial charge is 0.140 e. The van der Waals surface area contributed by atoms with E-state index >= 15 is 0 Å². The number of hydrogen-bond donors (Lipinski definition) is 0. The summed E-state index contributed by atoms with van der Waals surface area (Å²) in [6, 6.07) is 15.8. The van der Waals surface area contributed by atoms with E-state index in [1.807, 2.05) is 54.8 Å². The second-order valence-corrected chi connectivity index (χ2v) is 4.61. The molecule has 2 rings (SSSR count). The fraction of sp³-hybridized carbons (Fsp3) is 0.143. The van der Waals surface area contributed by atoms with Crippen molar-refractivity contribution in [3.8, 4) is 11.5 Å². The molecule has 0 atom stereocenters. The Hall–Kier alpha value is -1.12. The maximum Gasteiger partial charge on any atom is 0.140 e. The second-order valence-electron chi connectivity index (χ2n) is 3.49. The van der Waals surface area contributed by atoms with Gasteiger partial charge in [0.2, 0.25) is 0 Å². The average Bonchev–Trinajstić information content (AvgIpc) is 2.40. The summed E-state index contributed by atoms with van der Waals surface area (Å²) < 4.78 is 5.92. The van der Waals surface area contributed by atoms with Gasteiger partial charge in [-0.2, -0.15) is 0 Å². The van der Waals surface area contributed by atoms with E-state index in [-0.39, 0.29) is 0 Å². The molecule has 17 heavy (non-hydrogen) atoms. The Morgan fingerprint density at radius 3 is 2.35 bits per heavy atom. The molecular formula is C14H13ClOS. The van der Waals surface area contributed by atoms with Crippen molar-refractivity contribution in [2.45, 2.75) is 10.8 Å². The number of halogens is 1. The lowest BCUT2D eigenvalue weighted by molar-refractivity contribution is 0.467. The molecular weight excluding hydrogens is 252 g/mol. The van der Waals surface area contributed by atoms with Crippen LogP contribution in [0.15, 0.2) is 53.4 Å². The van der Waals surface area contributed by atoms with Gasteiger partial charge >= 0.3 is 0 Å². The number of alkyl halides is 1. The summed E-state index contributed by atoms with van der Waals surface area (Å²) in [5.74, 6) is 2.15. The van der Waals surface area contributed by atoms with E-state index in [9.17, 15) is 0 Å². The van der Waals surface area contributed by atoms with Crippen molar-refractivity contribution < 1.29 is 4.74 Å². The molecule has 0 spiro atoms. The minimum Gasteiger partial charge on any atom is -0.456 e. The molecule has 0 heterocycles. The fourth-order valence-electron chi connectivity index (χ4n) is 1.54. The Balaban J connectivity index is 2.31. The van der Waals surface area contributed by atoms with Gasteiger partial charge in [-0.05, 0) is 24.5 Å². The number of benzene rings is 2. The van der Waals surface area contributed by atoms with Gasteiger partial charge in [-0.15, -0.1) is 23.4 Å². The van der Waals surface area contributed by atoms with Gasteiger partial charge in [0.15, 0.2) is 0 Å². The van der Waals surface area contributed by atoms with Crippen LogP contribution < -0.4 is 4.74 Å². The van der Waals surface area contributed by atoms with Gasteiger partial charge in [-0.3, -0.25) is 0 Å². The first-order chi connectivity index (χ1) is 8.35. The van der Waals surface area contributed by atoms with Crippen LogP contribution in [0.3, 0.4) is 0 Å². The Labute approximate surface area is 111 Å². The van der Waals surface area contributed by atoms with Crippen molar-refractivity contribution in [2.75, 3.05) is 6.26 Å². The zero-order valence-corrected chi connectivity index (χ0v) is 11.1. The predicted molar refractivity (Wildman–Crippen MR) is 74.3 cm³/mol. The van der Waals surface area contributed by atoms with Crippen molar-refractivity contribution in [2.24, 2.45) is 0 Å². The molecule has 0 saturated heterocycles. The highest BCUT2D eigenvalue weighted by molar-refractivity contribution is 7.98. The summed E-state index contributed by atoms with van der Waals surface area (Å²) in [7, 11) is 0. The van der Waals surface area contributed by atoms with Gasteiger partial charge in [0.1, 0.15) is 11.5 Å². The quantitative estimate of drug-likeness (QED) is 0.571. The van der Waals surface area contributed by atoms with Crippen molar-refractivity contribution in [3.05, 3.63) is 54.1 Å². The van der Waals surface area contributed by atoms with Crippen molar-refractivity contribution in [1.29, 1.82) is 0 Å². The third kappa shape index (κ3) is 2.96. The summed E-state index contributed by atoms with van der Waals surface area (Å²) in [5.41, 5.74) is 1.00. The molecule has 88 valence electrons. The molecule has 0 saturated carbocycles. The first-order valence-corrected chi connectivity index (χ1v) is 7.06. The number of para-hydroxylation sites is 2. The van der Waals surface area contributed by atoms with E-state index in [1.54, 1.807) is 11.8 Å². The first kappa shape index (κ1) is 12.3. The van der Waals surface area contributed by atoms with Crippen molar-refractivity contribution >= 4 is 23.4 Å². The Kier molecular flexibility index (Phi) is 4.35. The molecule has 0 N–H and O–H groups in total. The fourth-order valence-corrected chi connectivity index (χ4v) is 2.28. The summed E-state index contributed by atoms with van der Waals surface area (Å²) in [6.07, 6.45) is 2.04. The number of rotatable bonds is 4. The third-order valence-corrected chi connectivity index (χ3v) is 3.47. The molecule has 0 aliphatic carbocycles. The summed E-state index contributed by atoms with van der Waals surface area (Å²) in [6.45, 7) is 0. The highest BCUT2D eigenvalue weighted by Crippen LogP contribution is 2.33. The van der Waals surface area contributed by atoms with Crippen LogP contribution in [0.25, 0.3) is 0 Å². The van der Waals surface area contributed by atoms with Gasteiger partial charge in [0, 0.05) is 10.5 Å². The average molecular weight is 265 g/mol. The zero-order chi connectivity index (χ0) is 12.1. The Morgan fingerprint density at radius 1 is 1.00 bits per heavy atom. The van der Waals surface area contributed by atoms with E-state index in [2.05, 4.69) is 0 Å². The van der Waals surface area contributed by atoms with Gasteiger partial charge in [-0.1, -0.05) is 30.3 Å². The lowest BCUT2D eigenvalue weighted by atomic mass is 10.2. The zero-order valence-electron chi connectivity index (χ0n) is 9.52. The van der Waals surface area contributed by atoms with Crippen molar-refractivity contribution in [1.82, 2.24) is 0 Å². The molecule has 1 nitrogen and oxygen atoms in total. The van der Waals surface area contributed by atoms with Crippen molar-refractivity contribution in [3.63, 3.8) is 0 Å². The molecule has 2 aromatic carbocycles. The molecule has 3 heteroatoms. The van der Waals surface area contributed by atoms with Crippen LogP contribution in [0.1, 0.15) is 5.56 Å². The van der Waals surface area contributed by atoms with E-state index in [4.69, 9.17) is 16.3 Å². The Morgan fingerprint density at radius 2 is 1.65 bits per heavy atom. The minimum atomic E-state index is 0.456. The molecule has 0 aromatic heterocycles. The van der Waals surface area contributed by atoms with Crippen LogP contribution in [0, 0.1) is 0 Å². The first-order valence-electron chi connectivity index (χ1n) is 5.30. The molecule has 0 unspecified atom stereocenters. The minimum absolute atomic E-state index is 0.456. The maximum absolute atomic E-state index is 5.92. The number of hydrogen-bond acceptors (Lipinski definition) is 2. The lowest BCUT2D eigenvalue weighted by Gasteiger charge is -2.11. The molecule has 0 fully saturated rings. The van der Waals surface area contributed by atoms with Crippen LogP contribution >= 0.6 is 23.4 Å². The van der Waals surface area contributed by atoms with E-state index < -0.39 is 0 Å². The largest absolute Gasteiger partial charge is 0.456 e. The standard InChI is InChI=1S/C14H13ClOS/c1-17-14-9-5-4-8-13(14)16-12-7-3-2-6-11(12)10-15/h2-9H,10H2,1H3. The monoisotopic (exact) mass is 264 g/mol. The number of ether oxygens (including phenoxy) is 1.